The van der Waals surface area contributed by atoms with Gasteiger partial charge in [0.15, 0.2) is 0 Å². The molecule has 4 amide bonds. The topological polar surface area (TPSA) is 174 Å². The summed E-state index contributed by atoms with van der Waals surface area (Å²) < 4.78 is 11.0. The lowest BCUT2D eigenvalue weighted by Gasteiger charge is -2.40. The minimum Gasteiger partial charge on any atom is -0.448 e. The molecular formula is C30H49N5O8S2. The fourth-order valence-corrected chi connectivity index (χ4v) is 6.75. The number of nitro benzene ring substituents is 1. The molecule has 1 aromatic rings. The number of benzene rings is 1. The van der Waals surface area contributed by atoms with Gasteiger partial charge in [-0.05, 0) is 29.9 Å². The third-order valence-electron chi connectivity index (χ3n) is 7.54. The predicted octanol–water partition coefficient (Wildman–Crippen LogP) is 4.33. The number of nitrogens with zero attached hydrogens (tertiary/aromatic N) is 3. The van der Waals surface area contributed by atoms with Crippen LogP contribution >= 0.6 is 21.6 Å². The number of hydrogen-bond acceptors (Lipinski definition) is 10. The molecule has 0 spiro atoms. The number of nitrogens with one attached hydrogen (secondary N) is 1. The first-order valence-corrected chi connectivity index (χ1v) is 17.2. The van der Waals surface area contributed by atoms with Crippen LogP contribution in [0.4, 0.5) is 10.5 Å². The molecule has 5 atom stereocenters. The van der Waals surface area contributed by atoms with Crippen LogP contribution in [-0.4, -0.2) is 96.3 Å². The molecule has 254 valence electrons. The number of non-ortho nitro benzene ring substituents is 1. The van der Waals surface area contributed by atoms with Gasteiger partial charge in [0, 0.05) is 44.0 Å². The highest BCUT2D eigenvalue weighted by atomic mass is 33.1. The van der Waals surface area contributed by atoms with Crippen molar-refractivity contribution in [1.29, 1.82) is 0 Å². The third kappa shape index (κ3) is 12.3. The number of rotatable bonds is 19. The molecular weight excluding hydrogens is 622 g/mol. The Balaban J connectivity index is 2.91. The summed E-state index contributed by atoms with van der Waals surface area (Å²) in [6.45, 7) is 11.3. The van der Waals surface area contributed by atoms with E-state index < -0.39 is 47.1 Å². The van der Waals surface area contributed by atoms with Crippen molar-refractivity contribution in [2.45, 2.75) is 83.5 Å². The molecule has 3 N–H and O–H groups in total. The van der Waals surface area contributed by atoms with E-state index in [1.165, 1.54) is 57.7 Å². The van der Waals surface area contributed by atoms with Crippen molar-refractivity contribution in [3.63, 3.8) is 0 Å². The molecule has 0 unspecified atom stereocenters. The van der Waals surface area contributed by atoms with Crippen LogP contribution in [0.3, 0.4) is 0 Å². The van der Waals surface area contributed by atoms with Crippen molar-refractivity contribution < 1.29 is 33.6 Å². The fraction of sp³-hybridized carbons (Fsp3) is 0.667. The SMILES string of the molecule is CC[C@H](C)[C@@H]([C@@H](CC(N)=O)OC)N(C)C(=O)[C@@H](NC(=O)[C@H](C(C)C)N(C)C(=O)OCCSSc1ccc([N+](=O)[O-])cc1)C(C)C. The largest absolute Gasteiger partial charge is 0.448 e. The minimum absolute atomic E-state index is 0.0105. The number of carbonyl (C=O) groups excluding carboxylic acids is 4. The quantitative estimate of drug-likeness (QED) is 0.0932. The molecule has 1 aromatic carbocycles. The number of amides is 4. The molecule has 13 nitrogen and oxygen atoms in total. The van der Waals surface area contributed by atoms with Crippen LogP contribution in [0, 0.1) is 27.9 Å². The highest BCUT2D eigenvalue weighted by molar-refractivity contribution is 8.76. The van der Waals surface area contributed by atoms with Crippen LogP contribution in [0.5, 0.6) is 0 Å². The molecule has 0 fully saturated rings. The molecule has 0 heterocycles. The lowest BCUT2D eigenvalue weighted by Crippen LogP contribution is -2.60. The maximum atomic E-state index is 13.8. The zero-order valence-electron chi connectivity index (χ0n) is 27.7. The Kier molecular flexibility index (Phi) is 17.3. The zero-order chi connectivity index (χ0) is 34.4. The van der Waals surface area contributed by atoms with E-state index in [4.69, 9.17) is 15.2 Å². The summed E-state index contributed by atoms with van der Waals surface area (Å²) in [4.78, 5) is 66.0. The number of nitro groups is 1. The Labute approximate surface area is 274 Å². The van der Waals surface area contributed by atoms with E-state index in [2.05, 4.69) is 5.32 Å². The van der Waals surface area contributed by atoms with Crippen molar-refractivity contribution in [1.82, 2.24) is 15.1 Å². The van der Waals surface area contributed by atoms with Crippen LogP contribution in [0.25, 0.3) is 0 Å². The molecule has 0 radical (unpaired) electrons. The van der Waals surface area contributed by atoms with Crippen molar-refractivity contribution in [2.24, 2.45) is 23.5 Å². The van der Waals surface area contributed by atoms with Gasteiger partial charge in [-0.2, -0.15) is 0 Å². The van der Waals surface area contributed by atoms with Crippen molar-refractivity contribution in [2.75, 3.05) is 33.6 Å². The Morgan fingerprint density at radius 3 is 2.09 bits per heavy atom. The molecule has 0 aliphatic heterocycles. The number of hydrogen-bond donors (Lipinski definition) is 2. The Morgan fingerprint density at radius 2 is 1.62 bits per heavy atom. The van der Waals surface area contributed by atoms with Crippen LogP contribution < -0.4 is 11.1 Å². The number of nitrogens with two attached hydrogens (primary N) is 1. The van der Waals surface area contributed by atoms with Gasteiger partial charge in [0.05, 0.1) is 23.5 Å². The first-order valence-electron chi connectivity index (χ1n) is 14.9. The van der Waals surface area contributed by atoms with Gasteiger partial charge < -0.3 is 25.4 Å². The first-order chi connectivity index (χ1) is 21.1. The standard InChI is InChI=1S/C30H49N5O8S2/c1-10-20(6)27(23(42-9)17-24(31)36)33(7)29(38)25(18(2)3)32-28(37)26(19(4)5)34(8)30(39)43-15-16-44-45-22-13-11-21(12-14-22)35(40)41/h11-14,18-20,23,25-27H,10,15-17H2,1-9H3,(H2,31,36)(H,32,37)/t20-,23+,25-,26-,27-/m0/s1. The van der Waals surface area contributed by atoms with E-state index in [9.17, 15) is 29.3 Å². The van der Waals surface area contributed by atoms with E-state index in [0.717, 1.165) is 11.3 Å². The summed E-state index contributed by atoms with van der Waals surface area (Å²) >= 11 is 0. The lowest BCUT2D eigenvalue weighted by atomic mass is 9.89. The molecule has 0 saturated heterocycles. The predicted molar refractivity (Wildman–Crippen MR) is 177 cm³/mol. The number of methoxy groups -OCH3 is 1. The highest BCUT2D eigenvalue weighted by Crippen LogP contribution is 2.32. The van der Waals surface area contributed by atoms with Crippen LogP contribution in [-0.2, 0) is 23.9 Å². The number of carbonyl (C=O) groups is 4. The number of ether oxygens (including phenoxy) is 2. The smallest absolute Gasteiger partial charge is 0.410 e. The molecule has 0 aromatic heterocycles. The van der Waals surface area contributed by atoms with Gasteiger partial charge in [0.1, 0.15) is 18.7 Å². The second kappa shape index (κ2) is 19.5. The Bertz CT molecular complexity index is 1140. The summed E-state index contributed by atoms with van der Waals surface area (Å²) in [7, 11) is 7.41. The van der Waals surface area contributed by atoms with Gasteiger partial charge >= 0.3 is 6.09 Å². The Morgan fingerprint density at radius 1 is 1.02 bits per heavy atom. The average Bonchev–Trinajstić information content (AvgIpc) is 2.98. The fourth-order valence-electron chi connectivity index (χ4n) is 4.94. The maximum Gasteiger partial charge on any atom is 0.410 e. The number of primary amides is 1. The van der Waals surface area contributed by atoms with Gasteiger partial charge in [-0.3, -0.25) is 29.4 Å². The first kappa shape index (κ1) is 40.0. The van der Waals surface area contributed by atoms with Crippen molar-refractivity contribution in [3.05, 3.63) is 34.4 Å². The normalized spacial score (nSPS) is 14.6. The van der Waals surface area contributed by atoms with Gasteiger partial charge in [-0.1, -0.05) is 69.6 Å². The van der Waals surface area contributed by atoms with Gasteiger partial charge in [-0.25, -0.2) is 4.79 Å². The van der Waals surface area contributed by atoms with Crippen LogP contribution in [0.15, 0.2) is 29.2 Å². The van der Waals surface area contributed by atoms with E-state index >= 15 is 0 Å². The second-order valence-corrected chi connectivity index (χ2v) is 14.1. The summed E-state index contributed by atoms with van der Waals surface area (Å²) in [5.74, 6) is -1.53. The zero-order valence-corrected chi connectivity index (χ0v) is 29.3. The average molecular weight is 672 g/mol. The monoisotopic (exact) mass is 671 g/mol. The third-order valence-corrected chi connectivity index (χ3v) is 9.89. The van der Waals surface area contributed by atoms with Gasteiger partial charge in [0.2, 0.25) is 17.7 Å². The molecule has 1 rings (SSSR count). The Hall–Kier alpha value is -3.04. The van der Waals surface area contributed by atoms with Crippen LogP contribution in [0.1, 0.15) is 54.4 Å². The summed E-state index contributed by atoms with van der Waals surface area (Å²) in [5.41, 5.74) is 5.46. The molecule has 0 bridgehead atoms. The van der Waals surface area contributed by atoms with Crippen molar-refractivity contribution >= 4 is 51.1 Å². The molecule has 0 saturated carbocycles. The van der Waals surface area contributed by atoms with Gasteiger partial charge in [0.25, 0.3) is 5.69 Å². The van der Waals surface area contributed by atoms with E-state index in [1.54, 1.807) is 33.0 Å². The molecule has 45 heavy (non-hydrogen) atoms. The maximum absolute atomic E-state index is 13.8. The van der Waals surface area contributed by atoms with Gasteiger partial charge in [-0.15, -0.1) is 0 Å². The van der Waals surface area contributed by atoms with E-state index in [1.807, 2.05) is 27.7 Å². The lowest BCUT2D eigenvalue weighted by molar-refractivity contribution is -0.384. The minimum atomic E-state index is -0.911. The second-order valence-electron chi connectivity index (χ2n) is 11.6. The summed E-state index contributed by atoms with van der Waals surface area (Å²) in [5, 5.41) is 13.7. The number of likely N-dealkylation sites (N-methyl/N-ethyl adjacent to an activating group) is 2. The summed E-state index contributed by atoms with van der Waals surface area (Å²) in [6, 6.07) is 3.87. The molecule has 0 aliphatic rings. The van der Waals surface area contributed by atoms with Crippen LogP contribution in [0.2, 0.25) is 0 Å². The molecule has 0 aliphatic carbocycles. The summed E-state index contributed by atoms with van der Waals surface area (Å²) in [6.07, 6.45) is -0.639. The highest BCUT2D eigenvalue weighted by Gasteiger charge is 2.39. The molecule has 15 heteroatoms. The van der Waals surface area contributed by atoms with E-state index in [-0.39, 0.29) is 42.4 Å². The van der Waals surface area contributed by atoms with E-state index in [0.29, 0.717) is 5.75 Å². The van der Waals surface area contributed by atoms with Crippen molar-refractivity contribution in [3.8, 4) is 0 Å².